The molecule has 0 aliphatic carbocycles. The van der Waals surface area contributed by atoms with Gasteiger partial charge in [0.1, 0.15) is 11.3 Å². The number of para-hydroxylation sites is 1. The molecule has 2 aromatic rings. The van der Waals surface area contributed by atoms with Crippen LogP contribution in [0.2, 0.25) is 0 Å². The van der Waals surface area contributed by atoms with Crippen molar-refractivity contribution in [1.29, 1.82) is 0 Å². The van der Waals surface area contributed by atoms with Gasteiger partial charge in [0.05, 0.1) is 4.70 Å². The van der Waals surface area contributed by atoms with Gasteiger partial charge in [-0.05, 0) is 12.1 Å². The zero-order valence-electron chi connectivity index (χ0n) is 6.52. The van der Waals surface area contributed by atoms with E-state index >= 15 is 0 Å². The van der Waals surface area contributed by atoms with Gasteiger partial charge in [0.15, 0.2) is 0 Å². The summed E-state index contributed by atoms with van der Waals surface area (Å²) in [6, 6.07) is 5.05. The van der Waals surface area contributed by atoms with Gasteiger partial charge in [0.25, 0.3) is 0 Å². The molecule has 0 aliphatic heterocycles. The first kappa shape index (κ1) is 8.27. The average Bonchev–Trinajstić information content (AvgIpc) is 1.98. The van der Waals surface area contributed by atoms with Crippen LogP contribution in [0.25, 0.3) is 10.2 Å². The number of hydrogen-bond donors (Lipinski definition) is 1. The molecule has 0 radical (unpaired) electrons. The fourth-order valence-electron chi connectivity index (χ4n) is 0.748. The fourth-order valence-corrected chi connectivity index (χ4v) is 1.41. The number of nitrogens with one attached hydrogen (secondary N) is 1. The predicted molar refractivity (Wildman–Crippen MR) is 47.5 cm³/mol. The van der Waals surface area contributed by atoms with Gasteiger partial charge in [-0.25, -0.2) is 4.39 Å². The van der Waals surface area contributed by atoms with Gasteiger partial charge >= 0.3 is 0 Å². The minimum atomic E-state index is -0.161. The number of rotatable bonds is 0. The Morgan fingerprint density at radius 1 is 1.36 bits per heavy atom. The van der Waals surface area contributed by atoms with Crippen molar-refractivity contribution >= 4 is 21.7 Å². The highest BCUT2D eigenvalue weighted by atomic mass is 32.1. The molecule has 0 aliphatic rings. The van der Waals surface area contributed by atoms with Gasteiger partial charge in [-0.15, -0.1) is 0 Å². The minimum absolute atomic E-state index is 0.161. The van der Waals surface area contributed by atoms with Gasteiger partial charge in [-0.2, -0.15) is 0 Å². The molecule has 0 saturated heterocycles. The second-order valence-corrected chi connectivity index (χ2v) is 2.67. The quantitative estimate of drug-likeness (QED) is 0.625. The number of hydrogen-bond acceptors (Lipinski definition) is 1. The molecule has 0 unspecified atom stereocenters. The van der Waals surface area contributed by atoms with Gasteiger partial charge < -0.3 is 4.37 Å². The lowest BCUT2D eigenvalue weighted by molar-refractivity contribution is 0.637. The number of halogens is 1. The summed E-state index contributed by atoms with van der Waals surface area (Å²) in [5, 5.41) is 0. The smallest absolute Gasteiger partial charge is 0.148 e. The molecule has 2 rings (SSSR count). The lowest BCUT2D eigenvalue weighted by Crippen LogP contribution is -1.82. The van der Waals surface area contributed by atoms with Gasteiger partial charge in [-0.3, -0.25) is 0 Å². The first-order chi connectivity index (χ1) is 5.38. The van der Waals surface area contributed by atoms with E-state index in [1.165, 1.54) is 17.6 Å². The summed E-state index contributed by atoms with van der Waals surface area (Å²) >= 11 is 1.45. The first-order valence-corrected chi connectivity index (χ1v) is 4.41. The van der Waals surface area contributed by atoms with Crippen molar-refractivity contribution in [3.05, 3.63) is 24.0 Å². The third-order valence-corrected chi connectivity index (χ3v) is 2.10. The molecule has 1 aromatic heterocycles. The second kappa shape index (κ2) is 3.53. The number of aromatic amines is 1. The van der Waals surface area contributed by atoms with E-state index in [1.807, 2.05) is 19.9 Å². The van der Waals surface area contributed by atoms with E-state index in [1.54, 1.807) is 6.07 Å². The van der Waals surface area contributed by atoms with Crippen molar-refractivity contribution in [2.45, 2.75) is 13.8 Å². The monoisotopic (exact) mass is 171 g/mol. The van der Waals surface area contributed by atoms with Crippen molar-refractivity contribution in [3.8, 4) is 0 Å². The number of H-pyrrole nitrogens is 1. The van der Waals surface area contributed by atoms with Crippen molar-refractivity contribution in [2.75, 3.05) is 0 Å². The zero-order chi connectivity index (χ0) is 8.27. The number of aromatic nitrogens is 1. The molecule has 1 heterocycles. The molecule has 0 atom stereocenters. The molecule has 0 amide bonds. The molecular weight excluding hydrogens is 161 g/mol. The Hall–Kier alpha value is -0.830. The first-order valence-electron chi connectivity index (χ1n) is 3.59. The van der Waals surface area contributed by atoms with E-state index in [0.29, 0.717) is 5.52 Å². The van der Waals surface area contributed by atoms with E-state index in [0.717, 1.165) is 4.70 Å². The lowest BCUT2D eigenvalue weighted by Gasteiger charge is -1.99. The van der Waals surface area contributed by atoms with Crippen LogP contribution < -0.4 is 0 Å². The molecule has 1 aromatic carbocycles. The summed E-state index contributed by atoms with van der Waals surface area (Å²) < 4.78 is 16.3. The van der Waals surface area contributed by atoms with E-state index in [4.69, 9.17) is 0 Å². The van der Waals surface area contributed by atoms with Crippen LogP contribution in [-0.2, 0) is 0 Å². The predicted octanol–water partition coefficient (Wildman–Crippen LogP) is 3.39. The summed E-state index contributed by atoms with van der Waals surface area (Å²) in [5.74, 6) is -0.161. The normalized spacial score (nSPS) is 9.36. The van der Waals surface area contributed by atoms with Crippen LogP contribution in [0.1, 0.15) is 13.8 Å². The fraction of sp³-hybridized carbons (Fsp3) is 0.250. The van der Waals surface area contributed by atoms with E-state index < -0.39 is 0 Å². The van der Waals surface area contributed by atoms with Crippen molar-refractivity contribution in [1.82, 2.24) is 4.37 Å². The molecule has 1 nitrogen and oxygen atoms in total. The highest BCUT2D eigenvalue weighted by Gasteiger charge is 2.01. The Kier molecular flexibility index (Phi) is 2.65. The van der Waals surface area contributed by atoms with Gasteiger partial charge in [0.2, 0.25) is 0 Å². The molecule has 3 heteroatoms. The summed E-state index contributed by atoms with van der Waals surface area (Å²) in [5.41, 5.74) is 0.641. The Balaban J connectivity index is 0.000000281. The maximum Gasteiger partial charge on any atom is 0.148 e. The summed E-state index contributed by atoms with van der Waals surface area (Å²) in [6.45, 7) is 4.00. The van der Waals surface area contributed by atoms with Crippen LogP contribution in [-0.4, -0.2) is 4.37 Å². The van der Waals surface area contributed by atoms with Crippen molar-refractivity contribution < 1.29 is 4.39 Å². The topological polar surface area (TPSA) is 15.8 Å². The summed E-state index contributed by atoms with van der Waals surface area (Å²) in [4.78, 5) is 0. The molecule has 0 fully saturated rings. The number of fused-ring (bicyclic) bond motifs is 1. The average molecular weight is 171 g/mol. The Morgan fingerprint density at radius 3 is 2.45 bits per heavy atom. The second-order valence-electron chi connectivity index (χ2n) is 1.82. The SMILES string of the molecule is CC.Fc1cccc2s[nH]c12. The molecule has 0 bridgehead atoms. The van der Waals surface area contributed by atoms with Crippen LogP contribution in [0.5, 0.6) is 0 Å². The number of benzene rings is 1. The molecular formula is C8H10FNS. The molecule has 11 heavy (non-hydrogen) atoms. The molecule has 0 spiro atoms. The highest BCUT2D eigenvalue weighted by Crippen LogP contribution is 2.21. The van der Waals surface area contributed by atoms with Gasteiger partial charge in [-0.1, -0.05) is 31.4 Å². The Labute approximate surface area is 69.0 Å². The third-order valence-electron chi connectivity index (χ3n) is 1.24. The van der Waals surface area contributed by atoms with E-state index in [2.05, 4.69) is 4.37 Å². The maximum atomic E-state index is 12.6. The van der Waals surface area contributed by atoms with Crippen LogP contribution >= 0.6 is 11.5 Å². The van der Waals surface area contributed by atoms with Crippen molar-refractivity contribution in [2.24, 2.45) is 0 Å². The molecule has 0 saturated carbocycles. The Bertz CT molecular complexity index is 323. The highest BCUT2D eigenvalue weighted by molar-refractivity contribution is 7.15. The zero-order valence-corrected chi connectivity index (χ0v) is 7.33. The van der Waals surface area contributed by atoms with Gasteiger partial charge in [0, 0.05) is 0 Å². The lowest BCUT2D eigenvalue weighted by atomic mass is 10.3. The molecule has 1 N–H and O–H groups in total. The minimum Gasteiger partial charge on any atom is -0.307 e. The standard InChI is InChI=1S/C6H4FNS.C2H6/c7-4-2-1-3-5-6(4)8-9-5;1-2/h1-3,8H;1-2H3. The summed E-state index contributed by atoms with van der Waals surface area (Å²) in [7, 11) is 0. The van der Waals surface area contributed by atoms with Crippen LogP contribution in [0, 0.1) is 5.82 Å². The van der Waals surface area contributed by atoms with Crippen LogP contribution in [0.3, 0.4) is 0 Å². The van der Waals surface area contributed by atoms with Crippen LogP contribution in [0.4, 0.5) is 4.39 Å². The van der Waals surface area contributed by atoms with E-state index in [-0.39, 0.29) is 5.82 Å². The van der Waals surface area contributed by atoms with Crippen molar-refractivity contribution in [3.63, 3.8) is 0 Å². The van der Waals surface area contributed by atoms with E-state index in [9.17, 15) is 4.39 Å². The largest absolute Gasteiger partial charge is 0.307 e. The Morgan fingerprint density at radius 2 is 2.09 bits per heavy atom. The maximum absolute atomic E-state index is 12.6. The third kappa shape index (κ3) is 1.43. The summed E-state index contributed by atoms with van der Waals surface area (Å²) in [6.07, 6.45) is 0. The molecule has 60 valence electrons. The van der Waals surface area contributed by atoms with Crippen LogP contribution in [0.15, 0.2) is 18.2 Å².